The van der Waals surface area contributed by atoms with Crippen LogP contribution in [0.1, 0.15) is 89.0 Å². The molecule has 0 heterocycles. The van der Waals surface area contributed by atoms with Crippen molar-refractivity contribution in [2.24, 2.45) is 17.3 Å². The van der Waals surface area contributed by atoms with Crippen LogP contribution in [-0.4, -0.2) is 11.1 Å². The molecular formula is C23H31F3O2. The first-order chi connectivity index (χ1) is 13.4. The van der Waals surface area contributed by atoms with Crippen molar-refractivity contribution in [3.8, 4) is 0 Å². The number of halogens is 3. The minimum absolute atomic E-state index is 0.00653. The molecule has 0 bridgehead atoms. The van der Waals surface area contributed by atoms with Gasteiger partial charge in [0.25, 0.3) is 0 Å². The average Bonchev–Trinajstić information content (AvgIpc) is 2.70. The van der Waals surface area contributed by atoms with Crippen LogP contribution in [0.3, 0.4) is 0 Å². The fourth-order valence-electron chi connectivity index (χ4n) is 5.78. The Morgan fingerprint density at radius 1 is 1.11 bits per heavy atom. The van der Waals surface area contributed by atoms with Gasteiger partial charge < -0.3 is 5.11 Å². The molecule has 0 spiro atoms. The molecule has 2 nitrogen and oxygen atoms in total. The molecule has 1 N–H and O–H groups in total. The summed E-state index contributed by atoms with van der Waals surface area (Å²) in [7, 11) is 0. The molecule has 0 saturated heterocycles. The van der Waals surface area contributed by atoms with Crippen molar-refractivity contribution >= 4 is 5.97 Å². The lowest BCUT2D eigenvalue weighted by Crippen LogP contribution is -2.48. The predicted molar refractivity (Wildman–Crippen MR) is 103 cm³/mol. The Morgan fingerprint density at radius 2 is 1.75 bits per heavy atom. The highest BCUT2D eigenvalue weighted by Crippen LogP contribution is 2.57. The third kappa shape index (κ3) is 3.95. The Morgan fingerprint density at radius 3 is 2.32 bits per heavy atom. The van der Waals surface area contributed by atoms with Crippen LogP contribution in [0.2, 0.25) is 0 Å². The number of unbranched alkanes of at least 4 members (excludes halogenated alkanes) is 1. The maximum absolute atomic E-state index is 14.0. The first-order valence-corrected chi connectivity index (χ1v) is 10.8. The summed E-state index contributed by atoms with van der Waals surface area (Å²) < 4.78 is 41.6. The van der Waals surface area contributed by atoms with Gasteiger partial charge in [0.1, 0.15) is 0 Å². The predicted octanol–water partition coefficient (Wildman–Crippen LogP) is 6.83. The Bertz CT molecular complexity index is 676. The van der Waals surface area contributed by atoms with Gasteiger partial charge in [0.15, 0.2) is 17.5 Å². The van der Waals surface area contributed by atoms with E-state index in [1.807, 2.05) is 0 Å². The van der Waals surface area contributed by atoms with Crippen molar-refractivity contribution in [2.45, 2.75) is 83.5 Å². The molecule has 1 aromatic carbocycles. The summed E-state index contributed by atoms with van der Waals surface area (Å²) in [5.74, 6) is -4.93. The van der Waals surface area contributed by atoms with Gasteiger partial charge in [0, 0.05) is 5.92 Å². The monoisotopic (exact) mass is 396 g/mol. The summed E-state index contributed by atoms with van der Waals surface area (Å²) in [6.45, 7) is 2.12. The molecule has 28 heavy (non-hydrogen) atoms. The normalized spacial score (nSPS) is 29.0. The van der Waals surface area contributed by atoms with Gasteiger partial charge >= 0.3 is 5.97 Å². The van der Waals surface area contributed by atoms with Gasteiger partial charge in [-0.15, -0.1) is 0 Å². The van der Waals surface area contributed by atoms with Crippen molar-refractivity contribution in [3.63, 3.8) is 0 Å². The van der Waals surface area contributed by atoms with Crippen LogP contribution in [0.5, 0.6) is 0 Å². The maximum Gasteiger partial charge on any atom is 0.310 e. The van der Waals surface area contributed by atoms with E-state index in [-0.39, 0.29) is 5.92 Å². The second-order valence-corrected chi connectivity index (χ2v) is 8.81. The van der Waals surface area contributed by atoms with Gasteiger partial charge in [0.05, 0.1) is 5.41 Å². The zero-order valence-electron chi connectivity index (χ0n) is 16.7. The maximum atomic E-state index is 14.0. The van der Waals surface area contributed by atoms with Crippen LogP contribution in [0, 0.1) is 34.7 Å². The van der Waals surface area contributed by atoms with Crippen molar-refractivity contribution in [1.29, 1.82) is 0 Å². The minimum atomic E-state index is -1.49. The molecule has 2 saturated carbocycles. The number of benzene rings is 1. The lowest BCUT2D eigenvalue weighted by atomic mass is 9.53. The standard InChI is InChI=1S/C23H31F3O2/c1-2-3-7-15-10-11-23(22(27)28,17-8-5-4-6-9-17)18(12-15)16-13-19(24)21(26)20(25)14-16/h13-15,17-18H,2-12H2,1H3,(H,27,28)/t15-,18?,23-/m1/s1. The second-order valence-electron chi connectivity index (χ2n) is 8.81. The number of carbonyl (C=O) groups is 1. The van der Waals surface area contributed by atoms with Crippen molar-refractivity contribution < 1.29 is 23.1 Å². The van der Waals surface area contributed by atoms with Crippen LogP contribution in [0.4, 0.5) is 13.2 Å². The largest absolute Gasteiger partial charge is 0.481 e. The molecular weight excluding hydrogens is 365 g/mol. The van der Waals surface area contributed by atoms with E-state index in [0.29, 0.717) is 24.3 Å². The highest BCUT2D eigenvalue weighted by Gasteiger charge is 2.54. The zero-order chi connectivity index (χ0) is 20.3. The summed E-state index contributed by atoms with van der Waals surface area (Å²) in [6.07, 6.45) is 9.89. The fraction of sp³-hybridized carbons (Fsp3) is 0.696. The van der Waals surface area contributed by atoms with Crippen molar-refractivity contribution in [1.82, 2.24) is 0 Å². The summed E-state index contributed by atoms with van der Waals surface area (Å²) in [5, 5.41) is 10.4. The van der Waals surface area contributed by atoms with Crippen LogP contribution < -0.4 is 0 Å². The highest BCUT2D eigenvalue weighted by molar-refractivity contribution is 5.77. The third-order valence-electron chi connectivity index (χ3n) is 7.26. The third-order valence-corrected chi connectivity index (χ3v) is 7.26. The van der Waals surface area contributed by atoms with Crippen molar-refractivity contribution in [3.05, 3.63) is 35.1 Å². The van der Waals surface area contributed by atoms with E-state index in [1.165, 1.54) is 0 Å². The quantitative estimate of drug-likeness (QED) is 0.535. The molecule has 1 aromatic rings. The lowest BCUT2D eigenvalue weighted by molar-refractivity contribution is -0.159. The number of carboxylic acid groups (broad SMARTS) is 1. The number of hydrogen-bond donors (Lipinski definition) is 1. The van der Waals surface area contributed by atoms with E-state index in [9.17, 15) is 23.1 Å². The number of hydrogen-bond acceptors (Lipinski definition) is 1. The van der Waals surface area contributed by atoms with E-state index in [0.717, 1.165) is 69.9 Å². The zero-order valence-corrected chi connectivity index (χ0v) is 16.7. The van der Waals surface area contributed by atoms with Crippen LogP contribution in [-0.2, 0) is 4.79 Å². The van der Waals surface area contributed by atoms with E-state index < -0.39 is 34.8 Å². The number of carboxylic acids is 1. The summed E-state index contributed by atoms with van der Waals surface area (Å²) >= 11 is 0. The van der Waals surface area contributed by atoms with Crippen LogP contribution in [0.25, 0.3) is 0 Å². The van der Waals surface area contributed by atoms with Crippen LogP contribution in [0.15, 0.2) is 12.1 Å². The van der Waals surface area contributed by atoms with Gasteiger partial charge in [-0.25, -0.2) is 13.2 Å². The van der Waals surface area contributed by atoms with Gasteiger partial charge in [-0.2, -0.15) is 0 Å². The van der Waals surface area contributed by atoms with Gasteiger partial charge in [-0.1, -0.05) is 45.4 Å². The molecule has 1 unspecified atom stereocenters. The summed E-state index contributed by atoms with van der Waals surface area (Å²) in [5.41, 5.74) is -0.703. The minimum Gasteiger partial charge on any atom is -0.481 e. The van der Waals surface area contributed by atoms with Gasteiger partial charge in [0.2, 0.25) is 0 Å². The number of rotatable bonds is 6. The fourth-order valence-corrected chi connectivity index (χ4v) is 5.78. The van der Waals surface area contributed by atoms with Gasteiger partial charge in [-0.05, 0) is 61.6 Å². The molecule has 156 valence electrons. The smallest absolute Gasteiger partial charge is 0.310 e. The molecule has 0 radical (unpaired) electrons. The first-order valence-electron chi connectivity index (χ1n) is 10.8. The lowest BCUT2D eigenvalue weighted by Gasteiger charge is -2.49. The second kappa shape index (κ2) is 8.87. The Kier molecular flexibility index (Phi) is 6.72. The molecule has 2 aliphatic carbocycles. The Hall–Kier alpha value is -1.52. The Labute approximate surface area is 165 Å². The van der Waals surface area contributed by atoms with E-state index in [4.69, 9.17) is 0 Å². The average molecular weight is 396 g/mol. The van der Waals surface area contributed by atoms with Crippen molar-refractivity contribution in [2.75, 3.05) is 0 Å². The molecule has 0 aliphatic heterocycles. The molecule has 2 aliphatic rings. The van der Waals surface area contributed by atoms with E-state index in [1.54, 1.807) is 0 Å². The molecule has 0 aromatic heterocycles. The topological polar surface area (TPSA) is 37.3 Å². The van der Waals surface area contributed by atoms with E-state index >= 15 is 0 Å². The molecule has 0 amide bonds. The van der Waals surface area contributed by atoms with E-state index in [2.05, 4.69) is 6.92 Å². The molecule has 2 fully saturated rings. The SMILES string of the molecule is CCCC[C@@H]1CC[C@@](C(=O)O)(C2CCCCC2)C(c2cc(F)c(F)c(F)c2)C1. The van der Waals surface area contributed by atoms with Crippen LogP contribution >= 0.6 is 0 Å². The first kappa shape index (κ1) is 21.2. The summed E-state index contributed by atoms with van der Waals surface area (Å²) in [4.78, 5) is 12.7. The molecule has 5 heteroatoms. The summed E-state index contributed by atoms with van der Waals surface area (Å²) in [6, 6.07) is 2.07. The molecule has 3 rings (SSSR count). The Balaban J connectivity index is 2.04. The molecule has 3 atom stereocenters. The van der Waals surface area contributed by atoms with Gasteiger partial charge in [-0.3, -0.25) is 4.79 Å². The highest BCUT2D eigenvalue weighted by atomic mass is 19.2. The number of aliphatic carboxylic acids is 1.